The van der Waals surface area contributed by atoms with E-state index < -0.39 is 0 Å². The predicted molar refractivity (Wildman–Crippen MR) is 202 cm³/mol. The second-order valence-electron chi connectivity index (χ2n) is 16.5. The van der Waals surface area contributed by atoms with E-state index >= 15 is 0 Å². The van der Waals surface area contributed by atoms with E-state index in [0.717, 1.165) is 55.2 Å². The van der Waals surface area contributed by atoms with Crippen molar-refractivity contribution in [2.75, 3.05) is 53.1 Å². The van der Waals surface area contributed by atoms with Gasteiger partial charge in [0.2, 0.25) is 0 Å². The Balaban J connectivity index is 0.000000305. The summed E-state index contributed by atoms with van der Waals surface area (Å²) in [6.45, 7) is 30.7. The monoisotopic (exact) mass is 647 g/mol. The van der Waals surface area contributed by atoms with Gasteiger partial charge in [0.1, 0.15) is 6.67 Å². The van der Waals surface area contributed by atoms with Crippen molar-refractivity contribution in [2.45, 2.75) is 146 Å². The van der Waals surface area contributed by atoms with Crippen molar-refractivity contribution < 1.29 is 9.13 Å². The molecule has 4 aliphatic rings. The zero-order valence-electron chi connectivity index (χ0n) is 32.8. The lowest BCUT2D eigenvalue weighted by Crippen LogP contribution is -2.34. The normalized spacial score (nSPS) is 23.7. The number of ether oxygens (including phenoxy) is 1. The molecule has 0 N–H and O–H groups in total. The molecule has 1 aromatic rings. The Morgan fingerprint density at radius 1 is 0.826 bits per heavy atom. The summed E-state index contributed by atoms with van der Waals surface area (Å²) in [4.78, 5) is 4.65. The Kier molecular flexibility index (Phi) is 21.9. The van der Waals surface area contributed by atoms with Crippen molar-refractivity contribution in [3.05, 3.63) is 35.4 Å². The molecule has 0 radical (unpaired) electrons. The largest absolute Gasteiger partial charge is 0.378 e. The van der Waals surface area contributed by atoms with Crippen LogP contribution in [0.3, 0.4) is 0 Å². The molecule has 2 unspecified atom stereocenters. The van der Waals surface area contributed by atoms with Crippen LogP contribution in [0.4, 0.5) is 4.39 Å². The molecule has 3 aliphatic heterocycles. The summed E-state index contributed by atoms with van der Waals surface area (Å²) in [6.07, 6.45) is 12.6. The van der Waals surface area contributed by atoms with Crippen molar-refractivity contribution >= 4 is 0 Å². The van der Waals surface area contributed by atoms with Gasteiger partial charge in [-0.3, -0.25) is 0 Å². The van der Waals surface area contributed by atoms with Crippen LogP contribution in [-0.2, 0) is 4.74 Å². The van der Waals surface area contributed by atoms with Gasteiger partial charge < -0.3 is 14.5 Å². The van der Waals surface area contributed by atoms with Gasteiger partial charge in [-0.05, 0) is 138 Å². The molecule has 5 rings (SSSR count). The molecule has 4 fully saturated rings. The highest BCUT2D eigenvalue weighted by molar-refractivity contribution is 5.24. The number of hydrogen-bond donors (Lipinski definition) is 0. The van der Waals surface area contributed by atoms with Crippen LogP contribution in [0.2, 0.25) is 0 Å². The first-order chi connectivity index (χ1) is 21.8. The van der Waals surface area contributed by atoms with Gasteiger partial charge >= 0.3 is 0 Å². The fraction of sp³-hybridized carbons (Fsp3) is 0.857. The van der Waals surface area contributed by atoms with Crippen LogP contribution in [0.1, 0.15) is 144 Å². The molecule has 3 nitrogen and oxygen atoms in total. The van der Waals surface area contributed by atoms with Gasteiger partial charge in [0.05, 0.1) is 6.10 Å². The Bertz CT molecular complexity index is 845. The topological polar surface area (TPSA) is 15.7 Å². The minimum absolute atomic E-state index is 0.190. The number of nitrogens with zero attached hydrogens (tertiary/aromatic N) is 2. The van der Waals surface area contributed by atoms with Crippen molar-refractivity contribution in [3.8, 4) is 0 Å². The first-order valence-corrected chi connectivity index (χ1v) is 19.4. The molecular weight excluding hydrogens is 567 g/mol. The Hall–Kier alpha value is -0.970. The zero-order chi connectivity index (χ0) is 34.7. The molecule has 270 valence electrons. The van der Waals surface area contributed by atoms with E-state index in [1.54, 1.807) is 0 Å². The number of alkyl halides is 1. The lowest BCUT2D eigenvalue weighted by molar-refractivity contribution is 0.00419. The third kappa shape index (κ3) is 18.0. The summed E-state index contributed by atoms with van der Waals surface area (Å²) >= 11 is 0. The summed E-state index contributed by atoms with van der Waals surface area (Å²) in [5.41, 5.74) is 3.57. The number of aryl methyl sites for hydroxylation is 1. The van der Waals surface area contributed by atoms with Gasteiger partial charge in [0.25, 0.3) is 0 Å². The fourth-order valence-corrected chi connectivity index (χ4v) is 7.26. The highest BCUT2D eigenvalue weighted by atomic mass is 19.1. The first kappa shape index (κ1) is 43.1. The van der Waals surface area contributed by atoms with Crippen molar-refractivity contribution in [1.29, 1.82) is 0 Å². The first-order valence-electron chi connectivity index (χ1n) is 19.4. The van der Waals surface area contributed by atoms with E-state index in [0.29, 0.717) is 18.1 Å². The molecular formula is C42H79FN2O. The maximum absolute atomic E-state index is 11.9. The second kappa shape index (κ2) is 23.4. The van der Waals surface area contributed by atoms with Crippen molar-refractivity contribution in [2.24, 2.45) is 35.0 Å². The lowest BCUT2D eigenvalue weighted by atomic mass is 9.61. The lowest BCUT2D eigenvalue weighted by Gasteiger charge is -2.45. The summed E-state index contributed by atoms with van der Waals surface area (Å²) in [6, 6.07) is 9.05. The number of likely N-dealkylation sites (tertiary alicyclic amines) is 2. The molecule has 1 saturated carbocycles. The standard InChI is InChI=1S/C13H19N.C9H18FN.C9H18O.C9H18.C2H6/c1-11-3-5-12(6-4-11)13-7-9-14(2)10-8-13;1-8(2)9-3-5-11(7-9)6-4-10;1-8(2)7-9-5-3-4-6-10-9;1-7(2)8-5-9(3,4)6-8;1-2/h3-6,13H,7-10H2,1-2H3;8-9H,3-7H2,1-2H3;8-9H,3-7H2,1-2H3;7-8H,5-6H2,1-4H3;1-2H3. The second-order valence-corrected chi connectivity index (χ2v) is 16.5. The SMILES string of the molecule is CC.CC(C)C1CC(C)(C)C1.CC(C)C1CCN(CCF)C1.CC(C)CC1CCCCO1.Cc1ccc(C2CCN(C)CC2)cc1. The molecule has 1 aliphatic carbocycles. The van der Waals surface area contributed by atoms with E-state index in [1.165, 1.54) is 82.0 Å². The van der Waals surface area contributed by atoms with Gasteiger partial charge in [0, 0.05) is 19.7 Å². The predicted octanol–water partition coefficient (Wildman–Crippen LogP) is 11.4. The van der Waals surface area contributed by atoms with E-state index in [9.17, 15) is 4.39 Å². The fourth-order valence-electron chi connectivity index (χ4n) is 7.26. The average Bonchev–Trinajstić information content (AvgIpc) is 3.48. The van der Waals surface area contributed by atoms with Crippen LogP contribution in [0.25, 0.3) is 0 Å². The molecule has 46 heavy (non-hydrogen) atoms. The smallest absolute Gasteiger partial charge is 0.102 e. The number of halogens is 1. The molecule has 3 saturated heterocycles. The molecule has 0 spiro atoms. The van der Waals surface area contributed by atoms with Crippen LogP contribution >= 0.6 is 0 Å². The molecule has 0 aromatic heterocycles. The minimum Gasteiger partial charge on any atom is -0.378 e. The Morgan fingerprint density at radius 3 is 1.83 bits per heavy atom. The summed E-state index contributed by atoms with van der Waals surface area (Å²) < 4.78 is 17.5. The number of hydrogen-bond acceptors (Lipinski definition) is 3. The van der Waals surface area contributed by atoms with Crippen LogP contribution in [0.15, 0.2) is 24.3 Å². The molecule has 3 heterocycles. The maximum atomic E-state index is 11.9. The summed E-state index contributed by atoms with van der Waals surface area (Å²) in [5.74, 6) is 5.11. The Labute approximate surface area is 287 Å². The Morgan fingerprint density at radius 2 is 1.41 bits per heavy atom. The van der Waals surface area contributed by atoms with E-state index in [4.69, 9.17) is 4.74 Å². The molecule has 4 heteroatoms. The van der Waals surface area contributed by atoms with Gasteiger partial charge in [-0.15, -0.1) is 0 Å². The van der Waals surface area contributed by atoms with Gasteiger partial charge in [-0.1, -0.05) is 99.1 Å². The quantitative estimate of drug-likeness (QED) is 0.293. The van der Waals surface area contributed by atoms with Crippen LogP contribution in [0.5, 0.6) is 0 Å². The van der Waals surface area contributed by atoms with Gasteiger partial charge in [-0.25, -0.2) is 4.39 Å². The third-order valence-electron chi connectivity index (χ3n) is 10.5. The highest BCUT2D eigenvalue weighted by Crippen LogP contribution is 2.47. The molecule has 1 aromatic carbocycles. The van der Waals surface area contributed by atoms with Crippen LogP contribution in [-0.4, -0.2) is 69.0 Å². The van der Waals surface area contributed by atoms with Crippen molar-refractivity contribution in [3.63, 3.8) is 0 Å². The number of rotatable bonds is 7. The van der Waals surface area contributed by atoms with Gasteiger partial charge in [0.15, 0.2) is 0 Å². The zero-order valence-corrected chi connectivity index (χ0v) is 32.8. The summed E-state index contributed by atoms with van der Waals surface area (Å²) in [5, 5.41) is 0. The van der Waals surface area contributed by atoms with E-state index in [-0.39, 0.29) is 6.67 Å². The van der Waals surface area contributed by atoms with Gasteiger partial charge in [-0.2, -0.15) is 0 Å². The number of piperidine rings is 1. The summed E-state index contributed by atoms with van der Waals surface area (Å²) in [7, 11) is 2.21. The average molecular weight is 647 g/mol. The third-order valence-corrected chi connectivity index (χ3v) is 10.5. The maximum Gasteiger partial charge on any atom is 0.102 e. The van der Waals surface area contributed by atoms with E-state index in [2.05, 4.69) is 103 Å². The molecule has 2 atom stereocenters. The van der Waals surface area contributed by atoms with Crippen molar-refractivity contribution in [1.82, 2.24) is 9.80 Å². The molecule has 0 bridgehead atoms. The van der Waals surface area contributed by atoms with E-state index in [1.807, 2.05) is 13.8 Å². The highest BCUT2D eigenvalue weighted by Gasteiger charge is 2.37. The number of benzene rings is 1. The van der Waals surface area contributed by atoms with Crippen LogP contribution in [0, 0.1) is 41.9 Å². The van der Waals surface area contributed by atoms with Crippen LogP contribution < -0.4 is 0 Å². The molecule has 0 amide bonds. The minimum atomic E-state index is -0.190.